The number of rotatable bonds is 5. The zero-order valence-electron chi connectivity index (χ0n) is 7.76. The molecular weight excluding hydrogens is 136 g/mol. The molecule has 1 nitrogen and oxygen atoms in total. The molecule has 0 rings (SSSR count). The summed E-state index contributed by atoms with van der Waals surface area (Å²) in [6.45, 7) is 6.47. The maximum atomic E-state index is 10.0. The van der Waals surface area contributed by atoms with Gasteiger partial charge in [0.25, 0.3) is 0 Å². The molecule has 0 spiro atoms. The van der Waals surface area contributed by atoms with Crippen LogP contribution in [0.25, 0.3) is 0 Å². The normalized spacial score (nSPS) is 14.6. The molecule has 0 bridgehead atoms. The van der Waals surface area contributed by atoms with E-state index in [1.807, 2.05) is 0 Å². The summed E-state index contributed by atoms with van der Waals surface area (Å²) in [5, 5.41) is 0. The Morgan fingerprint density at radius 3 is 2.64 bits per heavy atom. The highest BCUT2D eigenvalue weighted by molar-refractivity contribution is 5.49. The first-order valence-electron chi connectivity index (χ1n) is 4.31. The van der Waals surface area contributed by atoms with Gasteiger partial charge in [-0.2, -0.15) is 0 Å². The SMILES string of the molecule is CCC(C)C=C(C)CCC=O. The van der Waals surface area contributed by atoms with E-state index in [-0.39, 0.29) is 0 Å². The van der Waals surface area contributed by atoms with Crippen LogP contribution in [0.3, 0.4) is 0 Å². The molecule has 0 aliphatic rings. The lowest BCUT2D eigenvalue weighted by Gasteiger charge is -2.03. The van der Waals surface area contributed by atoms with Crippen LogP contribution in [0.1, 0.15) is 40.0 Å². The molecule has 0 aliphatic heterocycles. The van der Waals surface area contributed by atoms with Crippen LogP contribution in [0, 0.1) is 5.92 Å². The lowest BCUT2D eigenvalue weighted by Crippen LogP contribution is -1.88. The molecule has 64 valence electrons. The fraction of sp³-hybridized carbons (Fsp3) is 0.700. The molecule has 0 radical (unpaired) electrons. The fourth-order valence-electron chi connectivity index (χ4n) is 0.973. The van der Waals surface area contributed by atoms with E-state index in [2.05, 4.69) is 26.8 Å². The van der Waals surface area contributed by atoms with Gasteiger partial charge in [-0.3, -0.25) is 0 Å². The minimum Gasteiger partial charge on any atom is -0.303 e. The van der Waals surface area contributed by atoms with E-state index in [4.69, 9.17) is 0 Å². The average molecular weight is 154 g/mol. The van der Waals surface area contributed by atoms with E-state index in [1.165, 1.54) is 12.0 Å². The van der Waals surface area contributed by atoms with Gasteiger partial charge in [-0.1, -0.05) is 31.9 Å². The Labute approximate surface area is 69.5 Å². The molecule has 0 aromatic carbocycles. The zero-order chi connectivity index (χ0) is 8.69. The fourth-order valence-corrected chi connectivity index (χ4v) is 0.973. The van der Waals surface area contributed by atoms with Gasteiger partial charge in [0.1, 0.15) is 6.29 Å². The molecule has 11 heavy (non-hydrogen) atoms. The number of allylic oxidation sites excluding steroid dienone is 2. The van der Waals surface area contributed by atoms with Gasteiger partial charge in [0.05, 0.1) is 0 Å². The summed E-state index contributed by atoms with van der Waals surface area (Å²) in [6.07, 6.45) is 6.00. The van der Waals surface area contributed by atoms with E-state index < -0.39 is 0 Å². The first-order chi connectivity index (χ1) is 5.20. The van der Waals surface area contributed by atoms with Crippen LogP contribution >= 0.6 is 0 Å². The minimum atomic E-state index is 0.654. The Morgan fingerprint density at radius 2 is 2.18 bits per heavy atom. The number of hydrogen-bond donors (Lipinski definition) is 0. The molecular formula is C10H18O. The van der Waals surface area contributed by atoms with Crippen molar-refractivity contribution in [3.63, 3.8) is 0 Å². The molecule has 0 aromatic heterocycles. The Bertz CT molecular complexity index is 136. The highest BCUT2D eigenvalue weighted by atomic mass is 16.1. The standard InChI is InChI=1S/C10H18O/c1-4-9(2)8-10(3)6-5-7-11/h7-9H,4-6H2,1-3H3. The van der Waals surface area contributed by atoms with Gasteiger partial charge < -0.3 is 4.79 Å². The van der Waals surface area contributed by atoms with E-state index >= 15 is 0 Å². The molecule has 0 aliphatic carbocycles. The maximum Gasteiger partial charge on any atom is 0.120 e. The second-order valence-electron chi connectivity index (χ2n) is 3.10. The largest absolute Gasteiger partial charge is 0.303 e. The number of carbonyl (C=O) groups is 1. The van der Waals surface area contributed by atoms with Crippen LogP contribution in [0.2, 0.25) is 0 Å². The molecule has 1 atom stereocenters. The third-order valence-corrected chi connectivity index (χ3v) is 1.87. The summed E-state index contributed by atoms with van der Waals surface area (Å²) in [4.78, 5) is 10.0. The van der Waals surface area contributed by atoms with E-state index in [9.17, 15) is 4.79 Å². The van der Waals surface area contributed by atoms with Crippen LogP contribution in [-0.2, 0) is 4.79 Å². The van der Waals surface area contributed by atoms with Crippen LogP contribution in [0.5, 0.6) is 0 Å². The van der Waals surface area contributed by atoms with Crippen molar-refractivity contribution in [3.05, 3.63) is 11.6 Å². The molecule has 0 fully saturated rings. The van der Waals surface area contributed by atoms with E-state index in [0.717, 1.165) is 12.7 Å². The Balaban J connectivity index is 3.69. The first kappa shape index (κ1) is 10.4. The van der Waals surface area contributed by atoms with Gasteiger partial charge in [0.15, 0.2) is 0 Å². The second kappa shape index (κ2) is 6.14. The molecule has 0 amide bonds. The average Bonchev–Trinajstić information content (AvgIpc) is 2.00. The van der Waals surface area contributed by atoms with Gasteiger partial charge in [-0.25, -0.2) is 0 Å². The Kier molecular flexibility index (Phi) is 5.81. The lowest BCUT2D eigenvalue weighted by molar-refractivity contribution is -0.107. The van der Waals surface area contributed by atoms with Gasteiger partial charge in [-0.05, 0) is 19.3 Å². The van der Waals surface area contributed by atoms with Crippen molar-refractivity contribution in [2.45, 2.75) is 40.0 Å². The summed E-state index contributed by atoms with van der Waals surface area (Å²) in [7, 11) is 0. The molecule has 1 unspecified atom stereocenters. The van der Waals surface area contributed by atoms with Crippen molar-refractivity contribution in [2.24, 2.45) is 5.92 Å². The van der Waals surface area contributed by atoms with Crippen molar-refractivity contribution < 1.29 is 4.79 Å². The van der Waals surface area contributed by atoms with Gasteiger partial charge in [0, 0.05) is 6.42 Å². The molecule has 0 heterocycles. The predicted octanol–water partition coefficient (Wildman–Crippen LogP) is 2.96. The topological polar surface area (TPSA) is 17.1 Å². The van der Waals surface area contributed by atoms with Crippen molar-refractivity contribution in [3.8, 4) is 0 Å². The highest BCUT2D eigenvalue weighted by Gasteiger charge is 1.94. The first-order valence-corrected chi connectivity index (χ1v) is 4.31. The predicted molar refractivity (Wildman–Crippen MR) is 48.5 cm³/mol. The summed E-state index contributed by atoms with van der Waals surface area (Å²) in [6, 6.07) is 0. The molecule has 0 N–H and O–H groups in total. The molecule has 0 saturated heterocycles. The highest BCUT2D eigenvalue weighted by Crippen LogP contribution is 2.09. The molecule has 0 aromatic rings. The summed E-state index contributed by atoms with van der Waals surface area (Å²) >= 11 is 0. The summed E-state index contributed by atoms with van der Waals surface area (Å²) in [5.74, 6) is 0.654. The number of hydrogen-bond acceptors (Lipinski definition) is 1. The van der Waals surface area contributed by atoms with Crippen LogP contribution in [0.15, 0.2) is 11.6 Å². The quantitative estimate of drug-likeness (QED) is 0.439. The lowest BCUT2D eigenvalue weighted by atomic mass is 10.0. The summed E-state index contributed by atoms with van der Waals surface area (Å²) in [5.41, 5.74) is 1.34. The Morgan fingerprint density at radius 1 is 1.55 bits per heavy atom. The second-order valence-corrected chi connectivity index (χ2v) is 3.10. The molecule has 0 saturated carbocycles. The minimum absolute atomic E-state index is 0.654. The number of carbonyl (C=O) groups excluding carboxylic acids is 1. The van der Waals surface area contributed by atoms with Crippen molar-refractivity contribution in [1.29, 1.82) is 0 Å². The van der Waals surface area contributed by atoms with E-state index in [1.54, 1.807) is 0 Å². The van der Waals surface area contributed by atoms with Crippen LogP contribution in [0.4, 0.5) is 0 Å². The van der Waals surface area contributed by atoms with Crippen molar-refractivity contribution >= 4 is 6.29 Å². The monoisotopic (exact) mass is 154 g/mol. The van der Waals surface area contributed by atoms with Crippen LogP contribution < -0.4 is 0 Å². The van der Waals surface area contributed by atoms with Crippen molar-refractivity contribution in [1.82, 2.24) is 0 Å². The van der Waals surface area contributed by atoms with E-state index in [0.29, 0.717) is 12.3 Å². The maximum absolute atomic E-state index is 10.0. The molecule has 1 heteroatoms. The zero-order valence-corrected chi connectivity index (χ0v) is 7.76. The van der Waals surface area contributed by atoms with Gasteiger partial charge in [-0.15, -0.1) is 0 Å². The smallest absolute Gasteiger partial charge is 0.120 e. The van der Waals surface area contributed by atoms with Crippen LogP contribution in [-0.4, -0.2) is 6.29 Å². The number of aldehydes is 1. The van der Waals surface area contributed by atoms with Gasteiger partial charge in [0.2, 0.25) is 0 Å². The third kappa shape index (κ3) is 5.84. The third-order valence-electron chi connectivity index (χ3n) is 1.87. The van der Waals surface area contributed by atoms with Crippen molar-refractivity contribution in [2.75, 3.05) is 0 Å². The van der Waals surface area contributed by atoms with Gasteiger partial charge >= 0.3 is 0 Å². The Hall–Kier alpha value is -0.590. The summed E-state index contributed by atoms with van der Waals surface area (Å²) < 4.78 is 0.